The van der Waals surface area contributed by atoms with Gasteiger partial charge in [-0.1, -0.05) is 30.3 Å². The molecule has 1 heterocycles. The highest BCUT2D eigenvalue weighted by atomic mass is 19.1. The third-order valence-corrected chi connectivity index (χ3v) is 4.54. The largest absolute Gasteiger partial charge is 0.393 e. The van der Waals surface area contributed by atoms with E-state index in [1.807, 2.05) is 36.4 Å². The van der Waals surface area contributed by atoms with Gasteiger partial charge in [-0.15, -0.1) is 0 Å². The molecule has 3 aromatic rings. The number of nitro benzene ring substituents is 1. The number of carbonyl (C=O) groups excluding carboxylic acids is 1. The summed E-state index contributed by atoms with van der Waals surface area (Å²) in [5, 5.41) is 18.2. The van der Waals surface area contributed by atoms with Crippen molar-refractivity contribution in [3.05, 3.63) is 75.7 Å². The lowest BCUT2D eigenvalue weighted by Crippen LogP contribution is -2.29. The number of aromatic amines is 1. The Morgan fingerprint density at radius 1 is 1.28 bits per heavy atom. The Morgan fingerprint density at radius 2 is 2.00 bits per heavy atom. The second-order valence-electron chi connectivity index (χ2n) is 6.62. The maximum absolute atomic E-state index is 13.7. The second-order valence-corrected chi connectivity index (χ2v) is 6.62. The summed E-state index contributed by atoms with van der Waals surface area (Å²) in [5.74, 6) is -1.45. The third-order valence-electron chi connectivity index (χ3n) is 4.54. The molecular formula is C20H20FN5O3. The third kappa shape index (κ3) is 4.57. The molecule has 2 aromatic carbocycles. The van der Waals surface area contributed by atoms with Crippen molar-refractivity contribution in [2.45, 2.75) is 12.8 Å². The molecule has 0 aliphatic carbocycles. The number of carbonyl (C=O) groups is 1. The number of rotatable bonds is 7. The van der Waals surface area contributed by atoms with Gasteiger partial charge in [-0.3, -0.25) is 20.0 Å². The van der Waals surface area contributed by atoms with Crippen LogP contribution in [0.4, 0.5) is 15.8 Å². The summed E-state index contributed by atoms with van der Waals surface area (Å²) in [5.41, 5.74) is 7.29. The van der Waals surface area contributed by atoms with Crippen molar-refractivity contribution >= 4 is 17.3 Å². The van der Waals surface area contributed by atoms with Gasteiger partial charge < -0.3 is 10.6 Å². The van der Waals surface area contributed by atoms with Crippen molar-refractivity contribution in [1.82, 2.24) is 15.1 Å². The molecule has 1 aromatic heterocycles. The fourth-order valence-corrected chi connectivity index (χ4v) is 2.99. The van der Waals surface area contributed by atoms with E-state index in [2.05, 4.69) is 10.2 Å². The Morgan fingerprint density at radius 3 is 2.69 bits per heavy atom. The average Bonchev–Trinajstić information content (AvgIpc) is 3.18. The molecular weight excluding hydrogens is 377 g/mol. The topological polar surface area (TPSA) is 118 Å². The highest BCUT2D eigenvalue weighted by molar-refractivity contribution is 6.00. The number of H-pyrrole nitrogens is 1. The van der Waals surface area contributed by atoms with Gasteiger partial charge in [0.05, 0.1) is 22.2 Å². The summed E-state index contributed by atoms with van der Waals surface area (Å²) >= 11 is 0. The minimum Gasteiger partial charge on any atom is -0.393 e. The van der Waals surface area contributed by atoms with Crippen LogP contribution >= 0.6 is 0 Å². The molecule has 29 heavy (non-hydrogen) atoms. The van der Waals surface area contributed by atoms with Gasteiger partial charge in [0.15, 0.2) is 0 Å². The molecule has 0 unspecified atom stereocenters. The molecule has 1 amide bonds. The monoisotopic (exact) mass is 397 g/mol. The smallest absolute Gasteiger partial charge is 0.295 e. The molecule has 3 rings (SSSR count). The van der Waals surface area contributed by atoms with Crippen LogP contribution in [0.25, 0.3) is 11.3 Å². The van der Waals surface area contributed by atoms with E-state index in [4.69, 9.17) is 5.73 Å². The number of aryl methyl sites for hydroxylation is 1. The van der Waals surface area contributed by atoms with Crippen molar-refractivity contribution in [2.75, 3.05) is 19.3 Å². The molecule has 0 atom stereocenters. The first-order chi connectivity index (χ1) is 13.9. The SMILES string of the molecule is CN(CCCc1cc(-c2ccccc2)n[nH]1)C(=O)c1cc(F)cc([N+](=O)[O-])c1N. The van der Waals surface area contributed by atoms with Gasteiger partial charge in [0.25, 0.3) is 11.6 Å². The molecule has 3 N–H and O–H groups in total. The Bertz CT molecular complexity index is 1040. The van der Waals surface area contributed by atoms with Gasteiger partial charge >= 0.3 is 0 Å². The first-order valence-electron chi connectivity index (χ1n) is 8.95. The summed E-state index contributed by atoms with van der Waals surface area (Å²) in [6.45, 7) is 0.363. The highest BCUT2D eigenvalue weighted by Gasteiger charge is 2.23. The zero-order valence-electron chi connectivity index (χ0n) is 15.8. The molecule has 0 bridgehead atoms. The molecule has 0 radical (unpaired) electrons. The first kappa shape index (κ1) is 20.0. The molecule has 150 valence electrons. The van der Waals surface area contributed by atoms with E-state index in [0.29, 0.717) is 25.5 Å². The van der Waals surface area contributed by atoms with Crippen molar-refractivity contribution < 1.29 is 14.1 Å². The zero-order valence-corrected chi connectivity index (χ0v) is 15.8. The molecule has 0 aliphatic heterocycles. The average molecular weight is 397 g/mol. The van der Waals surface area contributed by atoms with Crippen LogP contribution in [0.2, 0.25) is 0 Å². The molecule has 0 aliphatic rings. The predicted molar refractivity (Wildman–Crippen MR) is 107 cm³/mol. The van der Waals surface area contributed by atoms with E-state index in [0.717, 1.165) is 23.0 Å². The van der Waals surface area contributed by atoms with Crippen molar-refractivity contribution in [1.29, 1.82) is 0 Å². The minimum absolute atomic E-state index is 0.216. The zero-order chi connectivity index (χ0) is 21.0. The maximum Gasteiger partial charge on any atom is 0.295 e. The van der Waals surface area contributed by atoms with Crippen LogP contribution in [-0.2, 0) is 6.42 Å². The number of aromatic nitrogens is 2. The van der Waals surface area contributed by atoms with Gasteiger partial charge in [-0.05, 0) is 25.0 Å². The Balaban J connectivity index is 1.62. The number of nitrogens with zero attached hydrogens (tertiary/aromatic N) is 3. The lowest BCUT2D eigenvalue weighted by Gasteiger charge is -2.18. The van der Waals surface area contributed by atoms with Crippen LogP contribution in [0.5, 0.6) is 0 Å². The summed E-state index contributed by atoms with van der Waals surface area (Å²) in [7, 11) is 1.54. The lowest BCUT2D eigenvalue weighted by molar-refractivity contribution is -0.384. The number of nitrogens with two attached hydrogens (primary N) is 1. The Kier molecular flexibility index (Phi) is 5.87. The van der Waals surface area contributed by atoms with E-state index in [9.17, 15) is 19.3 Å². The van der Waals surface area contributed by atoms with E-state index in [1.54, 1.807) is 7.05 Å². The first-order valence-corrected chi connectivity index (χ1v) is 8.95. The fraction of sp³-hybridized carbons (Fsp3) is 0.200. The van der Waals surface area contributed by atoms with Crippen LogP contribution in [-0.4, -0.2) is 39.5 Å². The number of benzene rings is 2. The molecule has 0 spiro atoms. The van der Waals surface area contributed by atoms with Crippen molar-refractivity contribution in [3.8, 4) is 11.3 Å². The summed E-state index contributed by atoms with van der Waals surface area (Å²) in [6, 6.07) is 13.3. The maximum atomic E-state index is 13.7. The number of nitrogens with one attached hydrogen (secondary N) is 1. The molecule has 8 nitrogen and oxygen atoms in total. The molecule has 0 saturated carbocycles. The fourth-order valence-electron chi connectivity index (χ4n) is 2.99. The second kappa shape index (κ2) is 8.51. The van der Waals surface area contributed by atoms with Gasteiger partial charge in [0.1, 0.15) is 11.5 Å². The Hall–Kier alpha value is -3.75. The number of halogens is 1. The normalized spacial score (nSPS) is 10.7. The van der Waals surface area contributed by atoms with Crippen LogP contribution in [0.1, 0.15) is 22.5 Å². The number of nitro groups is 1. The Labute approximate surface area is 166 Å². The van der Waals surface area contributed by atoms with Gasteiger partial charge in [-0.2, -0.15) is 5.10 Å². The number of hydrogen-bond acceptors (Lipinski definition) is 5. The summed E-state index contributed by atoms with van der Waals surface area (Å²) < 4.78 is 13.7. The van der Waals surface area contributed by atoms with Crippen molar-refractivity contribution in [3.63, 3.8) is 0 Å². The highest BCUT2D eigenvalue weighted by Crippen LogP contribution is 2.27. The quantitative estimate of drug-likeness (QED) is 0.360. The van der Waals surface area contributed by atoms with Gasteiger partial charge in [0.2, 0.25) is 0 Å². The minimum atomic E-state index is -0.881. The van der Waals surface area contributed by atoms with E-state index in [-0.39, 0.29) is 11.3 Å². The van der Waals surface area contributed by atoms with Gasteiger partial charge in [0, 0.05) is 24.8 Å². The van der Waals surface area contributed by atoms with E-state index in [1.165, 1.54) is 4.90 Å². The summed E-state index contributed by atoms with van der Waals surface area (Å²) in [4.78, 5) is 24.1. The van der Waals surface area contributed by atoms with E-state index >= 15 is 0 Å². The molecule has 0 saturated heterocycles. The standard InChI is InChI=1S/C20H20FN5O3/c1-25(20(27)16-10-14(21)11-18(19(16)22)26(28)29)9-5-8-15-12-17(24-23-15)13-6-3-2-4-7-13/h2-4,6-7,10-12H,5,8-9,22H2,1H3,(H,23,24). The van der Waals surface area contributed by atoms with Crippen LogP contribution in [0.3, 0.4) is 0 Å². The van der Waals surface area contributed by atoms with Crippen molar-refractivity contribution in [2.24, 2.45) is 0 Å². The van der Waals surface area contributed by atoms with Crippen LogP contribution < -0.4 is 5.73 Å². The lowest BCUT2D eigenvalue weighted by atomic mass is 10.1. The summed E-state index contributed by atoms with van der Waals surface area (Å²) in [6.07, 6.45) is 1.27. The van der Waals surface area contributed by atoms with Crippen LogP contribution in [0, 0.1) is 15.9 Å². The molecule has 9 heteroatoms. The number of amides is 1. The van der Waals surface area contributed by atoms with E-state index < -0.39 is 22.3 Å². The number of hydrogen-bond donors (Lipinski definition) is 2. The van der Waals surface area contributed by atoms with Crippen LogP contribution in [0.15, 0.2) is 48.5 Å². The molecule has 0 fully saturated rings. The number of anilines is 1. The predicted octanol–water partition coefficient (Wildman–Crippen LogP) is 3.41. The number of nitrogen functional groups attached to an aromatic ring is 1. The van der Waals surface area contributed by atoms with Gasteiger partial charge in [-0.25, -0.2) is 4.39 Å².